The van der Waals surface area contributed by atoms with Crippen LogP contribution in [0.15, 0.2) is 36.9 Å². The molecule has 0 spiro atoms. The molecule has 0 radical (unpaired) electrons. The fourth-order valence-electron chi connectivity index (χ4n) is 3.32. The largest absolute Gasteiger partial charge is 0.478 e. The van der Waals surface area contributed by atoms with E-state index in [1.807, 2.05) is 18.2 Å². The van der Waals surface area contributed by atoms with Crippen LogP contribution in [0.3, 0.4) is 0 Å². The lowest BCUT2D eigenvalue weighted by Gasteiger charge is -2.06. The smallest absolute Gasteiger partial charge is 0.335 e. The van der Waals surface area contributed by atoms with Gasteiger partial charge in [-0.2, -0.15) is 0 Å². The second kappa shape index (κ2) is 14.7. The van der Waals surface area contributed by atoms with Gasteiger partial charge in [0.05, 0.1) is 5.56 Å². The molecule has 2 heteroatoms. The van der Waals surface area contributed by atoms with E-state index in [9.17, 15) is 9.90 Å². The van der Waals surface area contributed by atoms with E-state index in [0.717, 1.165) is 18.4 Å². The molecule has 25 heavy (non-hydrogen) atoms. The summed E-state index contributed by atoms with van der Waals surface area (Å²) in [6.45, 7) is 3.76. The molecule has 0 amide bonds. The zero-order chi connectivity index (χ0) is 18.2. The van der Waals surface area contributed by atoms with E-state index in [0.29, 0.717) is 5.56 Å². The molecular weight excluding hydrogens is 308 g/mol. The van der Waals surface area contributed by atoms with Crippen molar-refractivity contribution in [2.75, 3.05) is 0 Å². The first-order valence-electron chi connectivity index (χ1n) is 10.2. The minimum absolute atomic E-state index is 0.465. The third-order valence-corrected chi connectivity index (χ3v) is 4.85. The van der Waals surface area contributed by atoms with Crippen molar-refractivity contribution in [3.63, 3.8) is 0 Å². The van der Waals surface area contributed by atoms with Crippen LogP contribution in [0.1, 0.15) is 99.4 Å². The van der Waals surface area contributed by atoms with Gasteiger partial charge in [0.25, 0.3) is 0 Å². The third kappa shape index (κ3) is 10.8. The van der Waals surface area contributed by atoms with Gasteiger partial charge in [0.1, 0.15) is 0 Å². The highest BCUT2D eigenvalue weighted by atomic mass is 16.4. The summed E-state index contributed by atoms with van der Waals surface area (Å²) < 4.78 is 0. The predicted molar refractivity (Wildman–Crippen MR) is 107 cm³/mol. The highest BCUT2D eigenvalue weighted by Gasteiger charge is 2.07. The van der Waals surface area contributed by atoms with Crippen LogP contribution in [0.5, 0.6) is 0 Å². The molecule has 140 valence electrons. The van der Waals surface area contributed by atoms with Crippen LogP contribution in [0.25, 0.3) is 0 Å². The molecule has 0 bridgehead atoms. The van der Waals surface area contributed by atoms with Crippen LogP contribution in [-0.4, -0.2) is 11.1 Å². The maximum absolute atomic E-state index is 11.2. The Labute approximate surface area is 154 Å². The van der Waals surface area contributed by atoms with Crippen molar-refractivity contribution in [3.8, 4) is 0 Å². The molecule has 1 aromatic carbocycles. The first-order chi connectivity index (χ1) is 12.3. The Kier molecular flexibility index (Phi) is 12.7. The van der Waals surface area contributed by atoms with E-state index in [2.05, 4.69) is 6.58 Å². The fraction of sp³-hybridized carbons (Fsp3) is 0.609. The number of allylic oxidation sites excluding steroid dienone is 1. The molecule has 1 rings (SSSR count). The highest BCUT2D eigenvalue weighted by molar-refractivity contribution is 5.89. The van der Waals surface area contributed by atoms with Crippen LogP contribution >= 0.6 is 0 Å². The van der Waals surface area contributed by atoms with Gasteiger partial charge in [-0.3, -0.25) is 0 Å². The fourth-order valence-corrected chi connectivity index (χ4v) is 3.32. The number of carboxylic acids is 1. The van der Waals surface area contributed by atoms with Gasteiger partial charge in [-0.15, -0.1) is 6.58 Å². The van der Waals surface area contributed by atoms with E-state index in [-0.39, 0.29) is 0 Å². The number of aromatic carboxylic acids is 1. The molecule has 0 aliphatic heterocycles. The maximum Gasteiger partial charge on any atom is 0.335 e. The average Bonchev–Trinajstić information content (AvgIpc) is 2.62. The van der Waals surface area contributed by atoms with Crippen LogP contribution in [0, 0.1) is 0 Å². The van der Waals surface area contributed by atoms with Gasteiger partial charge in [-0.05, 0) is 37.3 Å². The summed E-state index contributed by atoms with van der Waals surface area (Å²) in [7, 11) is 0. The normalized spacial score (nSPS) is 10.7. The number of unbranched alkanes of at least 4 members (excludes halogenated alkanes) is 12. The maximum atomic E-state index is 11.2. The minimum Gasteiger partial charge on any atom is -0.478 e. The Bertz CT molecular complexity index is 479. The third-order valence-electron chi connectivity index (χ3n) is 4.85. The van der Waals surface area contributed by atoms with Crippen molar-refractivity contribution >= 4 is 5.97 Å². The van der Waals surface area contributed by atoms with Crippen LogP contribution in [-0.2, 0) is 6.42 Å². The van der Waals surface area contributed by atoms with Crippen LogP contribution in [0.2, 0.25) is 0 Å². The number of aryl methyl sites for hydroxylation is 1. The van der Waals surface area contributed by atoms with Crippen molar-refractivity contribution < 1.29 is 9.90 Å². The summed E-state index contributed by atoms with van der Waals surface area (Å²) >= 11 is 0. The average molecular weight is 345 g/mol. The Hall–Kier alpha value is -1.57. The Morgan fingerprint density at radius 1 is 0.800 bits per heavy atom. The summed E-state index contributed by atoms with van der Waals surface area (Å²) in [6.07, 6.45) is 19.9. The molecule has 0 atom stereocenters. The number of benzene rings is 1. The Morgan fingerprint density at radius 2 is 1.28 bits per heavy atom. The van der Waals surface area contributed by atoms with Gasteiger partial charge in [0, 0.05) is 0 Å². The molecular formula is C23H36O2. The van der Waals surface area contributed by atoms with E-state index >= 15 is 0 Å². The van der Waals surface area contributed by atoms with Crippen molar-refractivity contribution in [1.29, 1.82) is 0 Å². The van der Waals surface area contributed by atoms with Crippen molar-refractivity contribution in [2.45, 2.75) is 89.9 Å². The number of carboxylic acid groups (broad SMARTS) is 1. The molecule has 0 heterocycles. The summed E-state index contributed by atoms with van der Waals surface area (Å²) in [6, 6.07) is 7.38. The second-order valence-electron chi connectivity index (χ2n) is 7.03. The molecule has 0 aromatic heterocycles. The lowest BCUT2D eigenvalue weighted by atomic mass is 10.00. The van der Waals surface area contributed by atoms with Crippen LogP contribution in [0.4, 0.5) is 0 Å². The Morgan fingerprint density at radius 3 is 1.80 bits per heavy atom. The highest BCUT2D eigenvalue weighted by Crippen LogP contribution is 2.15. The topological polar surface area (TPSA) is 37.3 Å². The van der Waals surface area contributed by atoms with Gasteiger partial charge in [0.15, 0.2) is 0 Å². The van der Waals surface area contributed by atoms with E-state index in [1.54, 1.807) is 12.1 Å². The molecule has 0 aliphatic carbocycles. The molecule has 0 saturated heterocycles. The lowest BCUT2D eigenvalue weighted by Crippen LogP contribution is -2.02. The van der Waals surface area contributed by atoms with Gasteiger partial charge < -0.3 is 5.11 Å². The summed E-state index contributed by atoms with van der Waals surface area (Å²) in [5, 5.41) is 9.18. The monoisotopic (exact) mass is 344 g/mol. The number of carbonyl (C=O) groups is 1. The molecule has 0 aliphatic rings. The standard InChI is InChI=1S/C23H36O2/c1-2-3-4-5-6-7-8-9-10-11-12-13-14-15-18-21-19-16-17-20-22(21)23(24)25/h2,16-17,19-20H,1,3-15,18H2,(H,24,25). The van der Waals surface area contributed by atoms with Gasteiger partial charge >= 0.3 is 5.97 Å². The summed E-state index contributed by atoms with van der Waals surface area (Å²) in [5.74, 6) is -0.809. The minimum atomic E-state index is -0.809. The van der Waals surface area contributed by atoms with E-state index < -0.39 is 5.97 Å². The quantitative estimate of drug-likeness (QED) is 0.254. The van der Waals surface area contributed by atoms with E-state index in [1.165, 1.54) is 77.0 Å². The SMILES string of the molecule is C=CCCCCCCCCCCCCCCc1ccccc1C(=O)O. The van der Waals surface area contributed by atoms with Crippen molar-refractivity contribution in [2.24, 2.45) is 0 Å². The Balaban J connectivity index is 1.91. The second-order valence-corrected chi connectivity index (χ2v) is 7.03. The van der Waals surface area contributed by atoms with Gasteiger partial charge in [0.2, 0.25) is 0 Å². The van der Waals surface area contributed by atoms with Gasteiger partial charge in [-0.25, -0.2) is 4.79 Å². The molecule has 1 aromatic rings. The van der Waals surface area contributed by atoms with Crippen molar-refractivity contribution in [1.82, 2.24) is 0 Å². The number of hydrogen-bond acceptors (Lipinski definition) is 1. The predicted octanol–water partition coefficient (Wildman–Crippen LogP) is 7.18. The molecule has 0 unspecified atom stereocenters. The van der Waals surface area contributed by atoms with Crippen LogP contribution < -0.4 is 0 Å². The van der Waals surface area contributed by atoms with E-state index in [4.69, 9.17) is 0 Å². The van der Waals surface area contributed by atoms with Gasteiger partial charge in [-0.1, -0.05) is 88.5 Å². The first-order valence-corrected chi connectivity index (χ1v) is 10.2. The lowest BCUT2D eigenvalue weighted by molar-refractivity contribution is 0.0695. The summed E-state index contributed by atoms with van der Waals surface area (Å²) in [5.41, 5.74) is 1.44. The molecule has 1 N–H and O–H groups in total. The first kappa shape index (κ1) is 21.5. The molecule has 0 saturated carbocycles. The zero-order valence-electron chi connectivity index (χ0n) is 15.8. The molecule has 0 fully saturated rings. The van der Waals surface area contributed by atoms with Crippen molar-refractivity contribution in [3.05, 3.63) is 48.0 Å². The number of rotatable bonds is 16. The molecule has 2 nitrogen and oxygen atoms in total. The zero-order valence-corrected chi connectivity index (χ0v) is 15.8. The number of hydrogen-bond donors (Lipinski definition) is 1. The summed E-state index contributed by atoms with van der Waals surface area (Å²) in [4.78, 5) is 11.2.